The first-order valence-electron chi connectivity index (χ1n) is 9.48. The molecular formula is C21H19ClN6S. The summed E-state index contributed by atoms with van der Waals surface area (Å²) in [5, 5.41) is 19.2. The minimum atomic E-state index is 0.579. The highest BCUT2D eigenvalue weighted by Crippen LogP contribution is 2.39. The van der Waals surface area contributed by atoms with Gasteiger partial charge in [-0.1, -0.05) is 41.6 Å². The molecule has 1 saturated carbocycles. The minimum Gasteiger partial charge on any atom is -0.317 e. The van der Waals surface area contributed by atoms with Gasteiger partial charge in [0.05, 0.1) is 5.75 Å². The van der Waals surface area contributed by atoms with E-state index in [1.807, 2.05) is 49.5 Å². The summed E-state index contributed by atoms with van der Waals surface area (Å²) in [6.45, 7) is 0. The van der Waals surface area contributed by atoms with Crippen LogP contribution in [-0.2, 0) is 12.8 Å². The molecular weight excluding hydrogens is 404 g/mol. The Hall–Kier alpha value is -2.64. The molecule has 0 saturated heterocycles. The van der Waals surface area contributed by atoms with Crippen LogP contribution in [0, 0.1) is 0 Å². The molecule has 4 aromatic rings. The van der Waals surface area contributed by atoms with E-state index in [0.717, 1.165) is 33.9 Å². The maximum absolute atomic E-state index is 6.06. The van der Waals surface area contributed by atoms with E-state index in [0.29, 0.717) is 16.7 Å². The summed E-state index contributed by atoms with van der Waals surface area (Å²) in [5.41, 5.74) is 1.98. The van der Waals surface area contributed by atoms with Gasteiger partial charge in [0.15, 0.2) is 11.0 Å². The average Bonchev–Trinajstić information content (AvgIpc) is 3.40. The zero-order valence-corrected chi connectivity index (χ0v) is 17.4. The van der Waals surface area contributed by atoms with Crippen molar-refractivity contribution in [3.05, 3.63) is 71.3 Å². The summed E-state index contributed by atoms with van der Waals surface area (Å²) < 4.78 is 4.19. The topological polar surface area (TPSA) is 61.4 Å². The van der Waals surface area contributed by atoms with Gasteiger partial charge in [-0.25, -0.2) is 0 Å². The number of halogens is 1. The second-order valence-electron chi connectivity index (χ2n) is 7.08. The first-order valence-corrected chi connectivity index (χ1v) is 10.8. The van der Waals surface area contributed by atoms with Gasteiger partial charge in [-0.2, -0.15) is 0 Å². The van der Waals surface area contributed by atoms with Crippen molar-refractivity contribution in [3.63, 3.8) is 0 Å². The van der Waals surface area contributed by atoms with Crippen LogP contribution in [0.2, 0.25) is 5.02 Å². The monoisotopic (exact) mass is 422 g/mol. The third-order valence-corrected chi connectivity index (χ3v) is 6.20. The van der Waals surface area contributed by atoms with Gasteiger partial charge in [0.25, 0.3) is 0 Å². The van der Waals surface area contributed by atoms with E-state index >= 15 is 0 Å². The molecule has 2 aromatic heterocycles. The highest BCUT2D eigenvalue weighted by molar-refractivity contribution is 7.98. The lowest BCUT2D eigenvalue weighted by molar-refractivity contribution is 0.773. The molecule has 0 unspecified atom stereocenters. The molecule has 0 bridgehead atoms. The lowest BCUT2D eigenvalue weighted by atomic mass is 10.2. The smallest absolute Gasteiger partial charge is 0.196 e. The van der Waals surface area contributed by atoms with Crippen LogP contribution in [0.4, 0.5) is 0 Å². The van der Waals surface area contributed by atoms with E-state index in [-0.39, 0.29) is 0 Å². The van der Waals surface area contributed by atoms with Crippen LogP contribution >= 0.6 is 23.4 Å². The van der Waals surface area contributed by atoms with Gasteiger partial charge in [-0.3, -0.25) is 4.57 Å². The number of rotatable bonds is 6. The normalized spacial score (nSPS) is 13.7. The number of aromatic nitrogens is 6. The van der Waals surface area contributed by atoms with E-state index in [9.17, 15) is 0 Å². The summed E-state index contributed by atoms with van der Waals surface area (Å²) in [5.74, 6) is 4.09. The molecule has 1 aliphatic carbocycles. The summed E-state index contributed by atoms with van der Waals surface area (Å²) in [7, 11) is 2.05. The Balaban J connectivity index is 1.48. The zero-order chi connectivity index (χ0) is 19.8. The van der Waals surface area contributed by atoms with E-state index in [2.05, 4.69) is 41.7 Å². The Labute approximate surface area is 178 Å². The molecule has 146 valence electrons. The molecule has 29 heavy (non-hydrogen) atoms. The fraction of sp³-hybridized carbons (Fsp3) is 0.238. The van der Waals surface area contributed by atoms with Gasteiger partial charge in [0.1, 0.15) is 11.6 Å². The Morgan fingerprint density at radius 2 is 1.72 bits per heavy atom. The van der Waals surface area contributed by atoms with Gasteiger partial charge >= 0.3 is 0 Å². The molecule has 1 aliphatic rings. The predicted octanol–water partition coefficient (Wildman–Crippen LogP) is 4.89. The highest BCUT2D eigenvalue weighted by Gasteiger charge is 2.29. The summed E-state index contributed by atoms with van der Waals surface area (Å²) in [6, 6.07) is 17.8. The molecule has 2 heterocycles. The number of para-hydroxylation sites is 1. The fourth-order valence-corrected chi connectivity index (χ4v) is 4.34. The molecule has 0 N–H and O–H groups in total. The van der Waals surface area contributed by atoms with Crippen molar-refractivity contribution < 1.29 is 0 Å². The number of hydrogen-bond donors (Lipinski definition) is 0. The van der Waals surface area contributed by atoms with Crippen LogP contribution in [0.5, 0.6) is 0 Å². The van der Waals surface area contributed by atoms with Crippen LogP contribution in [0.15, 0.2) is 59.8 Å². The summed E-state index contributed by atoms with van der Waals surface area (Å²) >= 11 is 7.67. The molecule has 0 aliphatic heterocycles. The van der Waals surface area contributed by atoms with Gasteiger partial charge in [-0.15, -0.1) is 20.4 Å². The van der Waals surface area contributed by atoms with Crippen LogP contribution in [0.25, 0.3) is 17.1 Å². The number of benzene rings is 2. The van der Waals surface area contributed by atoms with E-state index in [1.165, 1.54) is 12.8 Å². The SMILES string of the molecule is Cn1c(CSc2nnc(-c3ccc(Cl)cc3)n2-c2ccccc2)nnc1C1CC1. The van der Waals surface area contributed by atoms with Gasteiger partial charge in [-0.05, 0) is 49.2 Å². The Kier molecular flexibility index (Phi) is 4.85. The molecule has 2 aromatic carbocycles. The quantitative estimate of drug-likeness (QED) is 0.414. The minimum absolute atomic E-state index is 0.579. The highest BCUT2D eigenvalue weighted by atomic mass is 35.5. The molecule has 0 atom stereocenters. The van der Waals surface area contributed by atoms with E-state index < -0.39 is 0 Å². The van der Waals surface area contributed by atoms with Crippen molar-refractivity contribution in [1.82, 2.24) is 29.5 Å². The largest absolute Gasteiger partial charge is 0.317 e. The van der Waals surface area contributed by atoms with Crippen LogP contribution < -0.4 is 0 Å². The van der Waals surface area contributed by atoms with Crippen LogP contribution in [0.3, 0.4) is 0 Å². The second-order valence-corrected chi connectivity index (χ2v) is 8.46. The van der Waals surface area contributed by atoms with E-state index in [1.54, 1.807) is 11.8 Å². The number of thioether (sulfide) groups is 1. The third kappa shape index (κ3) is 3.68. The molecule has 0 radical (unpaired) electrons. The van der Waals surface area contributed by atoms with Gasteiger partial charge in [0, 0.05) is 29.2 Å². The zero-order valence-electron chi connectivity index (χ0n) is 15.9. The lowest BCUT2D eigenvalue weighted by Crippen LogP contribution is -2.02. The van der Waals surface area contributed by atoms with Crippen LogP contribution in [-0.4, -0.2) is 29.5 Å². The average molecular weight is 423 g/mol. The number of hydrogen-bond acceptors (Lipinski definition) is 5. The predicted molar refractivity (Wildman–Crippen MR) is 114 cm³/mol. The Morgan fingerprint density at radius 1 is 0.966 bits per heavy atom. The Morgan fingerprint density at radius 3 is 2.45 bits per heavy atom. The van der Waals surface area contributed by atoms with Crippen molar-refractivity contribution in [1.29, 1.82) is 0 Å². The molecule has 6 nitrogen and oxygen atoms in total. The van der Waals surface area contributed by atoms with Crippen molar-refractivity contribution in [2.45, 2.75) is 29.7 Å². The van der Waals surface area contributed by atoms with Crippen molar-refractivity contribution >= 4 is 23.4 Å². The fourth-order valence-electron chi connectivity index (χ4n) is 3.29. The molecule has 0 spiro atoms. The maximum atomic E-state index is 6.06. The summed E-state index contributed by atoms with van der Waals surface area (Å²) in [6.07, 6.45) is 2.43. The number of nitrogens with zero attached hydrogens (tertiary/aromatic N) is 6. The molecule has 0 amide bonds. The molecule has 5 rings (SSSR count). The van der Waals surface area contributed by atoms with Crippen molar-refractivity contribution in [2.75, 3.05) is 0 Å². The lowest BCUT2D eigenvalue weighted by Gasteiger charge is -2.10. The van der Waals surface area contributed by atoms with Crippen molar-refractivity contribution in [2.24, 2.45) is 7.05 Å². The van der Waals surface area contributed by atoms with Gasteiger partial charge < -0.3 is 4.57 Å². The first-order chi connectivity index (χ1) is 14.2. The molecule has 8 heteroatoms. The summed E-state index contributed by atoms with van der Waals surface area (Å²) in [4.78, 5) is 0. The Bertz CT molecular complexity index is 1130. The first kappa shape index (κ1) is 18.4. The molecule has 1 fully saturated rings. The second kappa shape index (κ2) is 7.65. The van der Waals surface area contributed by atoms with Crippen molar-refractivity contribution in [3.8, 4) is 17.1 Å². The van der Waals surface area contributed by atoms with Gasteiger partial charge in [0.2, 0.25) is 0 Å². The van der Waals surface area contributed by atoms with E-state index in [4.69, 9.17) is 11.6 Å². The standard InChI is InChI=1S/C21H19ClN6S/c1-27-18(23-24-19(27)14-7-8-14)13-29-21-26-25-20(15-9-11-16(22)12-10-15)28(21)17-5-3-2-4-6-17/h2-6,9-12,14H,7-8,13H2,1H3. The maximum Gasteiger partial charge on any atom is 0.196 e. The third-order valence-electron chi connectivity index (χ3n) is 5.02. The van der Waals surface area contributed by atoms with Crippen LogP contribution in [0.1, 0.15) is 30.4 Å².